The summed E-state index contributed by atoms with van der Waals surface area (Å²) in [5.74, 6) is -0.379. The van der Waals surface area contributed by atoms with Gasteiger partial charge in [0.05, 0.1) is 24.3 Å². The van der Waals surface area contributed by atoms with E-state index in [2.05, 4.69) is 14.9 Å². The number of alkyl halides is 2. The molecule has 150 valence electrons. The Hall–Kier alpha value is -1.58. The van der Waals surface area contributed by atoms with Gasteiger partial charge in [-0.2, -0.15) is 5.10 Å². The van der Waals surface area contributed by atoms with Crippen molar-refractivity contribution in [3.05, 3.63) is 17.5 Å². The van der Waals surface area contributed by atoms with Crippen molar-refractivity contribution < 1.29 is 18.3 Å². The van der Waals surface area contributed by atoms with Crippen molar-refractivity contribution in [1.29, 1.82) is 0 Å². The van der Waals surface area contributed by atoms with E-state index >= 15 is 0 Å². The molecule has 0 aliphatic carbocycles. The van der Waals surface area contributed by atoms with Crippen molar-refractivity contribution in [2.24, 2.45) is 7.05 Å². The highest BCUT2D eigenvalue weighted by Gasteiger charge is 2.42. The molecule has 27 heavy (non-hydrogen) atoms. The molecule has 1 aromatic rings. The van der Waals surface area contributed by atoms with E-state index in [1.807, 2.05) is 0 Å². The van der Waals surface area contributed by atoms with E-state index in [4.69, 9.17) is 4.74 Å². The van der Waals surface area contributed by atoms with Gasteiger partial charge in [0.1, 0.15) is 5.69 Å². The van der Waals surface area contributed by atoms with Gasteiger partial charge in [-0.25, -0.2) is 8.78 Å². The second kappa shape index (κ2) is 7.81. The van der Waals surface area contributed by atoms with Gasteiger partial charge in [0.15, 0.2) is 0 Å². The smallest absolute Gasteiger partial charge is 0.282 e. The maximum absolute atomic E-state index is 13.2. The van der Waals surface area contributed by atoms with Gasteiger partial charge in [-0.1, -0.05) is 0 Å². The van der Waals surface area contributed by atoms with Crippen LogP contribution in [-0.2, 0) is 11.8 Å². The number of nitrogens with zero attached hydrogens (tertiary/aromatic N) is 5. The molecular weight excluding hydrogens is 356 g/mol. The second-order valence-electron chi connectivity index (χ2n) is 7.67. The molecular formula is C18H27F2N5O2. The predicted molar refractivity (Wildman–Crippen MR) is 94.8 cm³/mol. The lowest BCUT2D eigenvalue weighted by Gasteiger charge is -2.37. The van der Waals surface area contributed by atoms with Crippen LogP contribution in [-0.4, -0.2) is 95.0 Å². The van der Waals surface area contributed by atoms with E-state index in [1.54, 1.807) is 11.9 Å². The highest BCUT2D eigenvalue weighted by molar-refractivity contribution is 5.95. The van der Waals surface area contributed by atoms with Gasteiger partial charge in [0.25, 0.3) is 12.3 Å². The zero-order valence-electron chi connectivity index (χ0n) is 15.7. The summed E-state index contributed by atoms with van der Waals surface area (Å²) in [7, 11) is 1.55. The summed E-state index contributed by atoms with van der Waals surface area (Å²) in [6.45, 7) is 6.80. The highest BCUT2D eigenvalue weighted by atomic mass is 19.3. The lowest BCUT2D eigenvalue weighted by molar-refractivity contribution is -0.0487. The summed E-state index contributed by atoms with van der Waals surface area (Å²) >= 11 is 0. The van der Waals surface area contributed by atoms with Crippen LogP contribution in [0, 0.1) is 0 Å². The number of hydrogen-bond acceptors (Lipinski definition) is 5. The van der Waals surface area contributed by atoms with Gasteiger partial charge in [-0.3, -0.25) is 14.4 Å². The molecule has 0 spiro atoms. The van der Waals surface area contributed by atoms with E-state index < -0.39 is 12.1 Å². The Labute approximate surface area is 157 Å². The fourth-order valence-electron chi connectivity index (χ4n) is 4.48. The van der Waals surface area contributed by atoms with Gasteiger partial charge >= 0.3 is 0 Å². The van der Waals surface area contributed by atoms with Gasteiger partial charge in [-0.15, -0.1) is 0 Å². The Balaban J connectivity index is 1.42. The molecule has 2 atom stereocenters. The monoisotopic (exact) mass is 383 g/mol. The van der Waals surface area contributed by atoms with Crippen LogP contribution in [0.2, 0.25) is 0 Å². The molecule has 7 nitrogen and oxygen atoms in total. The lowest BCUT2D eigenvalue weighted by Crippen LogP contribution is -2.52. The van der Waals surface area contributed by atoms with Crippen molar-refractivity contribution in [2.45, 2.75) is 31.4 Å². The van der Waals surface area contributed by atoms with E-state index in [0.717, 1.165) is 19.6 Å². The maximum Gasteiger partial charge on any atom is 0.282 e. The van der Waals surface area contributed by atoms with Gasteiger partial charge in [-0.05, 0) is 25.9 Å². The normalized spacial score (nSPS) is 26.9. The first kappa shape index (κ1) is 18.8. The molecule has 0 aromatic carbocycles. The zero-order chi connectivity index (χ0) is 19.0. The average molecular weight is 383 g/mol. The number of hydrogen-bond donors (Lipinski definition) is 0. The Morgan fingerprint density at radius 2 is 2.04 bits per heavy atom. The first-order valence-corrected chi connectivity index (χ1v) is 9.72. The number of likely N-dealkylation sites (tertiary alicyclic amines) is 2. The van der Waals surface area contributed by atoms with Crippen LogP contribution in [0.15, 0.2) is 6.20 Å². The highest BCUT2D eigenvalue weighted by Crippen LogP contribution is 2.27. The standard InChI is InChI=1S/C18H27F2N5O2/c1-22-10-13(16(21-22)17(19)20)18(26)25-11-14-15(12-25)27-9-8-24(14)7-6-23-4-2-3-5-23/h10,14-15,17H,2-9,11-12H2,1H3/t14-,15+/m1/s1. The van der Waals surface area contributed by atoms with Gasteiger partial charge in [0, 0.05) is 46.0 Å². The fourth-order valence-corrected chi connectivity index (χ4v) is 4.48. The van der Waals surface area contributed by atoms with Crippen LogP contribution in [0.3, 0.4) is 0 Å². The first-order chi connectivity index (χ1) is 13.0. The largest absolute Gasteiger partial charge is 0.373 e. The van der Waals surface area contributed by atoms with Crippen LogP contribution >= 0.6 is 0 Å². The van der Waals surface area contributed by atoms with E-state index in [9.17, 15) is 13.6 Å². The summed E-state index contributed by atoms with van der Waals surface area (Å²) in [5, 5.41) is 3.75. The number of carbonyl (C=O) groups is 1. The zero-order valence-corrected chi connectivity index (χ0v) is 15.7. The number of ether oxygens (including phenoxy) is 1. The third kappa shape index (κ3) is 3.86. The minimum Gasteiger partial charge on any atom is -0.373 e. The number of carbonyl (C=O) groups excluding carboxylic acids is 1. The molecule has 0 radical (unpaired) electrons. The number of aryl methyl sites for hydroxylation is 1. The van der Waals surface area contributed by atoms with Crippen LogP contribution in [0.25, 0.3) is 0 Å². The molecule has 0 saturated carbocycles. The number of aromatic nitrogens is 2. The summed E-state index contributed by atoms with van der Waals surface area (Å²) in [6.07, 6.45) is 1.12. The molecule has 0 unspecified atom stereocenters. The average Bonchev–Trinajstić information content (AvgIpc) is 3.38. The third-order valence-electron chi connectivity index (χ3n) is 5.90. The molecule has 3 fully saturated rings. The number of rotatable bonds is 5. The van der Waals surface area contributed by atoms with Crippen LogP contribution in [0.5, 0.6) is 0 Å². The topological polar surface area (TPSA) is 53.8 Å². The molecule has 9 heteroatoms. The van der Waals surface area contributed by atoms with Crippen molar-refractivity contribution in [3.63, 3.8) is 0 Å². The molecule has 0 bridgehead atoms. The molecule has 4 heterocycles. The second-order valence-corrected chi connectivity index (χ2v) is 7.67. The van der Waals surface area contributed by atoms with Crippen LogP contribution in [0.1, 0.15) is 35.3 Å². The molecule has 0 N–H and O–H groups in total. The van der Waals surface area contributed by atoms with E-state index in [-0.39, 0.29) is 23.6 Å². The van der Waals surface area contributed by atoms with Gasteiger partial charge < -0.3 is 14.5 Å². The molecule has 1 amide bonds. The molecule has 3 saturated heterocycles. The molecule has 1 aromatic heterocycles. The lowest BCUT2D eigenvalue weighted by atomic mass is 10.1. The minimum absolute atomic E-state index is 0.00485. The molecule has 3 aliphatic rings. The third-order valence-corrected chi connectivity index (χ3v) is 5.90. The van der Waals surface area contributed by atoms with Crippen molar-refractivity contribution in [1.82, 2.24) is 24.5 Å². The van der Waals surface area contributed by atoms with Crippen LogP contribution < -0.4 is 0 Å². The Morgan fingerprint density at radius 3 is 2.78 bits per heavy atom. The van der Waals surface area contributed by atoms with Crippen molar-refractivity contribution in [3.8, 4) is 0 Å². The number of amides is 1. The quantitative estimate of drug-likeness (QED) is 0.759. The summed E-state index contributed by atoms with van der Waals surface area (Å²) in [4.78, 5) is 19.4. The van der Waals surface area contributed by atoms with Crippen molar-refractivity contribution in [2.75, 3.05) is 52.4 Å². The number of morpholine rings is 1. The summed E-state index contributed by atoms with van der Waals surface area (Å²) < 4.78 is 33.6. The predicted octanol–water partition coefficient (Wildman–Crippen LogP) is 0.979. The summed E-state index contributed by atoms with van der Waals surface area (Å²) in [6, 6.07) is 0.136. The van der Waals surface area contributed by atoms with Crippen LogP contribution in [0.4, 0.5) is 8.78 Å². The van der Waals surface area contributed by atoms with Crippen molar-refractivity contribution >= 4 is 5.91 Å². The SMILES string of the molecule is Cn1cc(C(=O)N2C[C@@H]3OCCN(CCN4CCCC4)[C@@H]3C2)c(C(F)F)n1. The maximum atomic E-state index is 13.2. The molecule has 3 aliphatic heterocycles. The Bertz CT molecular complexity index is 677. The molecule has 4 rings (SSSR count). The number of halogens is 2. The summed E-state index contributed by atoms with van der Waals surface area (Å²) in [5.41, 5.74) is -0.445. The van der Waals surface area contributed by atoms with E-state index in [1.165, 1.54) is 36.8 Å². The Morgan fingerprint density at radius 1 is 1.26 bits per heavy atom. The minimum atomic E-state index is -2.76. The first-order valence-electron chi connectivity index (χ1n) is 9.72. The van der Waals surface area contributed by atoms with E-state index in [0.29, 0.717) is 19.7 Å². The van der Waals surface area contributed by atoms with Gasteiger partial charge in [0.2, 0.25) is 0 Å². The Kier molecular flexibility index (Phi) is 5.43. The fraction of sp³-hybridized carbons (Fsp3) is 0.778. The number of fused-ring (bicyclic) bond motifs is 1.